The number of pyridine rings is 1. The zero-order valence-corrected chi connectivity index (χ0v) is 16.7. The molecule has 0 bridgehead atoms. The van der Waals surface area contributed by atoms with E-state index in [0.717, 1.165) is 41.3 Å². The molecule has 0 radical (unpaired) electrons. The molecule has 24 heavy (non-hydrogen) atoms. The third-order valence-electron chi connectivity index (χ3n) is 3.46. The van der Waals surface area contributed by atoms with Gasteiger partial charge in [0.05, 0.1) is 22.4 Å². The molecule has 1 amide bonds. The minimum atomic E-state index is -0.361. The van der Waals surface area contributed by atoms with E-state index in [1.165, 1.54) is 0 Å². The van der Waals surface area contributed by atoms with Crippen LogP contribution in [0, 0.1) is 0 Å². The van der Waals surface area contributed by atoms with Crippen molar-refractivity contribution in [1.29, 1.82) is 0 Å². The molecule has 2 aromatic rings. The summed E-state index contributed by atoms with van der Waals surface area (Å²) in [5, 5.41) is 5.54. The Morgan fingerprint density at radius 1 is 1.29 bits per heavy atom. The third-order valence-corrected chi connectivity index (χ3v) is 4.78. The van der Waals surface area contributed by atoms with Crippen molar-refractivity contribution in [2.24, 2.45) is 7.05 Å². The van der Waals surface area contributed by atoms with Crippen molar-refractivity contribution in [3.8, 4) is 0 Å². The maximum atomic E-state index is 11.4. The first-order valence-electron chi connectivity index (χ1n) is 7.78. The zero-order valence-electron chi connectivity index (χ0n) is 14.3. The van der Waals surface area contributed by atoms with Crippen LogP contribution in [0.25, 0.3) is 10.9 Å². The third kappa shape index (κ3) is 4.83. The number of halogens is 2. The lowest BCUT2D eigenvalue weighted by molar-refractivity contribution is 0.0295. The fourth-order valence-corrected chi connectivity index (χ4v) is 2.84. The average molecular weight is 418 g/mol. The Labute approximate surface area is 155 Å². The van der Waals surface area contributed by atoms with Crippen LogP contribution in [0.5, 0.6) is 0 Å². The van der Waals surface area contributed by atoms with Gasteiger partial charge >= 0.3 is 6.09 Å². The lowest BCUT2D eigenvalue weighted by Crippen LogP contribution is -2.34. The Bertz CT molecular complexity index is 721. The molecule has 0 N–H and O–H groups in total. The molecule has 0 aliphatic carbocycles. The quantitative estimate of drug-likeness (QED) is 0.596. The van der Waals surface area contributed by atoms with Gasteiger partial charge in [0.25, 0.3) is 0 Å². The van der Waals surface area contributed by atoms with Crippen LogP contribution < -0.4 is 0 Å². The summed E-state index contributed by atoms with van der Waals surface area (Å²) in [5.41, 5.74) is 0.603. The van der Waals surface area contributed by atoms with Crippen molar-refractivity contribution in [3.63, 3.8) is 0 Å². The number of amides is 1. The average Bonchev–Trinajstić information content (AvgIpc) is 3.12. The molecule has 3 rings (SSSR count). The Balaban J connectivity index is 0.000000174. The van der Waals surface area contributed by atoms with Crippen LogP contribution in [0.4, 0.5) is 4.79 Å². The van der Waals surface area contributed by atoms with Gasteiger partial charge in [-0.05, 0) is 49.5 Å². The lowest BCUT2D eigenvalue weighted by atomic mass is 10.2. The number of aromatic nitrogens is 3. The van der Waals surface area contributed by atoms with E-state index >= 15 is 0 Å². The van der Waals surface area contributed by atoms with Crippen LogP contribution in [-0.2, 0) is 11.8 Å². The van der Waals surface area contributed by atoms with Crippen molar-refractivity contribution in [2.45, 2.75) is 39.2 Å². The fraction of sp³-hybridized carbons (Fsp3) is 0.562. The molecule has 2 aromatic heterocycles. The molecule has 132 valence electrons. The number of nitrogens with zero attached hydrogens (tertiary/aromatic N) is 4. The highest BCUT2D eigenvalue weighted by molar-refractivity contribution is 9.10. The number of rotatable bonds is 0. The van der Waals surface area contributed by atoms with E-state index in [2.05, 4.69) is 26.0 Å². The highest BCUT2D eigenvalue weighted by Crippen LogP contribution is 2.28. The number of hydrogen-bond donors (Lipinski definition) is 0. The van der Waals surface area contributed by atoms with Crippen LogP contribution in [-0.4, -0.2) is 44.4 Å². The van der Waals surface area contributed by atoms with Crippen LogP contribution in [0.3, 0.4) is 0 Å². The number of carbonyl (C=O) groups excluding carboxylic acids is 1. The van der Waals surface area contributed by atoms with E-state index in [1.807, 2.05) is 27.8 Å². The Morgan fingerprint density at radius 3 is 2.50 bits per heavy atom. The van der Waals surface area contributed by atoms with Crippen LogP contribution in [0.2, 0.25) is 5.15 Å². The van der Waals surface area contributed by atoms with Gasteiger partial charge < -0.3 is 9.64 Å². The van der Waals surface area contributed by atoms with E-state index in [0.29, 0.717) is 5.15 Å². The first kappa shape index (κ1) is 19.0. The standard InChI is InChI=1S/C9H17NO2.C7H5BrClN3/c1-9(2,3)12-8(11)10-6-4-5-7-10;1-12-5-3-10-7(9)6(8)4(5)2-11-12/h4-7H2,1-3H3;2-3H,1H3. The predicted molar refractivity (Wildman–Crippen MR) is 98.3 cm³/mol. The molecule has 0 aromatic carbocycles. The van der Waals surface area contributed by atoms with E-state index in [1.54, 1.807) is 22.0 Å². The lowest BCUT2D eigenvalue weighted by Gasteiger charge is -2.23. The van der Waals surface area contributed by atoms with Crippen LogP contribution in [0.1, 0.15) is 33.6 Å². The van der Waals surface area contributed by atoms with Crippen LogP contribution >= 0.6 is 27.5 Å². The summed E-state index contributed by atoms with van der Waals surface area (Å²) >= 11 is 9.15. The number of fused-ring (bicyclic) bond motifs is 1. The second-order valence-corrected chi connectivity index (χ2v) is 7.76. The molecular weight excluding hydrogens is 396 g/mol. The molecule has 1 aliphatic heterocycles. The molecule has 0 spiro atoms. The molecule has 8 heteroatoms. The summed E-state index contributed by atoms with van der Waals surface area (Å²) in [6.07, 6.45) is 5.51. The number of likely N-dealkylation sites (tertiary alicyclic amines) is 1. The molecular formula is C16H22BrClN4O2. The highest BCUT2D eigenvalue weighted by Gasteiger charge is 2.23. The Hall–Kier alpha value is -1.34. The van der Waals surface area contributed by atoms with Gasteiger partial charge in [0, 0.05) is 25.5 Å². The van der Waals surface area contributed by atoms with Gasteiger partial charge in [-0.15, -0.1) is 0 Å². The van der Waals surface area contributed by atoms with Gasteiger partial charge in [-0.25, -0.2) is 9.78 Å². The minimum Gasteiger partial charge on any atom is -0.444 e. The maximum absolute atomic E-state index is 11.4. The first-order chi connectivity index (χ1) is 11.2. The smallest absolute Gasteiger partial charge is 0.410 e. The molecule has 1 saturated heterocycles. The zero-order chi connectivity index (χ0) is 17.9. The Kier molecular flexibility index (Phi) is 6.09. The van der Waals surface area contributed by atoms with Crippen molar-refractivity contribution in [2.75, 3.05) is 13.1 Å². The van der Waals surface area contributed by atoms with Gasteiger partial charge in [0.1, 0.15) is 10.8 Å². The van der Waals surface area contributed by atoms with Gasteiger partial charge in [0.15, 0.2) is 0 Å². The minimum absolute atomic E-state index is 0.167. The van der Waals surface area contributed by atoms with Crippen molar-refractivity contribution < 1.29 is 9.53 Å². The predicted octanol–water partition coefficient (Wildman–Crippen LogP) is 4.40. The van der Waals surface area contributed by atoms with E-state index in [4.69, 9.17) is 16.3 Å². The Morgan fingerprint density at radius 2 is 1.92 bits per heavy atom. The van der Waals surface area contributed by atoms with Crippen LogP contribution in [0.15, 0.2) is 16.9 Å². The summed E-state index contributed by atoms with van der Waals surface area (Å²) in [4.78, 5) is 17.1. The normalized spacial score (nSPS) is 14.5. The van der Waals surface area contributed by atoms with Crippen molar-refractivity contribution in [3.05, 3.63) is 22.0 Å². The van der Waals surface area contributed by atoms with E-state index in [-0.39, 0.29) is 11.7 Å². The van der Waals surface area contributed by atoms with Crippen molar-refractivity contribution in [1.82, 2.24) is 19.7 Å². The molecule has 1 aliphatic rings. The van der Waals surface area contributed by atoms with Gasteiger partial charge in [-0.3, -0.25) is 4.68 Å². The molecule has 6 nitrogen and oxygen atoms in total. The van der Waals surface area contributed by atoms with E-state index in [9.17, 15) is 4.79 Å². The largest absolute Gasteiger partial charge is 0.444 e. The number of aryl methyl sites for hydroxylation is 1. The SMILES string of the molecule is CC(C)(C)OC(=O)N1CCCC1.Cn1ncc2c(Br)c(Cl)ncc21. The van der Waals surface area contributed by atoms with Gasteiger partial charge in [-0.1, -0.05) is 11.6 Å². The second kappa shape index (κ2) is 7.70. The first-order valence-corrected chi connectivity index (χ1v) is 8.96. The maximum Gasteiger partial charge on any atom is 0.410 e. The molecule has 1 fully saturated rings. The summed E-state index contributed by atoms with van der Waals surface area (Å²) in [5.74, 6) is 0. The molecule has 0 atom stereocenters. The number of hydrogen-bond acceptors (Lipinski definition) is 4. The van der Waals surface area contributed by atoms with Gasteiger partial charge in [-0.2, -0.15) is 5.10 Å². The molecule has 0 saturated carbocycles. The number of carbonyl (C=O) groups is 1. The monoisotopic (exact) mass is 416 g/mol. The molecule has 0 unspecified atom stereocenters. The van der Waals surface area contributed by atoms with E-state index < -0.39 is 0 Å². The van der Waals surface area contributed by atoms with Gasteiger partial charge in [0.2, 0.25) is 0 Å². The summed E-state index contributed by atoms with van der Waals surface area (Å²) in [6, 6.07) is 0. The summed E-state index contributed by atoms with van der Waals surface area (Å²) < 4.78 is 7.76. The van der Waals surface area contributed by atoms with Crippen molar-refractivity contribution >= 4 is 44.5 Å². The number of ether oxygens (including phenoxy) is 1. The summed E-state index contributed by atoms with van der Waals surface area (Å²) in [7, 11) is 1.87. The topological polar surface area (TPSA) is 60.2 Å². The highest BCUT2D eigenvalue weighted by atomic mass is 79.9. The fourth-order valence-electron chi connectivity index (χ4n) is 2.28. The molecule has 3 heterocycles. The summed E-state index contributed by atoms with van der Waals surface area (Å²) in [6.45, 7) is 7.38. The second-order valence-electron chi connectivity index (χ2n) is 6.60.